The van der Waals surface area contributed by atoms with Crippen LogP contribution in [-0.4, -0.2) is 41.9 Å². The van der Waals surface area contributed by atoms with Gasteiger partial charge in [0.15, 0.2) is 0 Å². The number of hydrogen-bond acceptors (Lipinski definition) is 5. The molecule has 2 aromatic carbocycles. The minimum Gasteiger partial charge on any atom is -0.456 e. The van der Waals surface area contributed by atoms with E-state index in [1.807, 2.05) is 30.3 Å². The molecule has 1 saturated heterocycles. The van der Waals surface area contributed by atoms with Gasteiger partial charge in [-0.1, -0.05) is 19.0 Å². The molecule has 176 valence electrons. The number of furan rings is 1. The van der Waals surface area contributed by atoms with E-state index in [0.717, 1.165) is 43.0 Å². The van der Waals surface area contributed by atoms with Crippen LogP contribution in [0.4, 0.5) is 5.69 Å². The molecule has 4 aromatic rings. The molecule has 2 N–H and O–H groups in total. The molecule has 0 amide bonds. The first-order valence-corrected chi connectivity index (χ1v) is 11.5. The van der Waals surface area contributed by atoms with Crippen molar-refractivity contribution in [3.63, 3.8) is 0 Å². The molecule has 0 spiro atoms. The number of fused-ring (bicyclic) bond motifs is 1. The van der Waals surface area contributed by atoms with E-state index in [0.29, 0.717) is 27.4 Å². The van der Waals surface area contributed by atoms with Crippen LogP contribution in [0.5, 0.6) is 0 Å². The summed E-state index contributed by atoms with van der Waals surface area (Å²) in [6.45, 7) is 4.15. The van der Waals surface area contributed by atoms with Gasteiger partial charge in [0.1, 0.15) is 11.3 Å². The van der Waals surface area contributed by atoms with Gasteiger partial charge in [-0.2, -0.15) is 0 Å². The third-order valence-corrected chi connectivity index (χ3v) is 6.38. The molecule has 0 saturated carbocycles. The van der Waals surface area contributed by atoms with Crippen molar-refractivity contribution in [3.05, 3.63) is 81.7 Å². The van der Waals surface area contributed by atoms with Crippen LogP contribution < -0.4 is 10.9 Å². The molecular weight excluding hydrogens is 448 g/mol. The maximum absolute atomic E-state index is 13.2. The van der Waals surface area contributed by atoms with Crippen LogP contribution >= 0.6 is 11.6 Å². The largest absolute Gasteiger partial charge is 0.456 e. The van der Waals surface area contributed by atoms with Crippen molar-refractivity contribution in [2.24, 2.45) is 0 Å². The Labute approximate surface area is 204 Å². The van der Waals surface area contributed by atoms with E-state index < -0.39 is 0 Å². The molecule has 6 nitrogen and oxygen atoms in total. The fraction of sp³-hybridized carbons (Fsp3) is 0.259. The van der Waals surface area contributed by atoms with Crippen LogP contribution in [0.1, 0.15) is 25.8 Å². The van der Waals surface area contributed by atoms with Crippen LogP contribution in [0.2, 0.25) is 5.02 Å². The van der Waals surface area contributed by atoms with Gasteiger partial charge in [-0.25, -0.2) is 0 Å². The second-order valence-electron chi connectivity index (χ2n) is 8.28. The summed E-state index contributed by atoms with van der Waals surface area (Å²) in [7, 11) is 0. The Morgan fingerprint density at radius 2 is 1.82 bits per heavy atom. The Bertz CT molecular complexity index is 1350. The van der Waals surface area contributed by atoms with E-state index in [4.69, 9.17) is 21.4 Å². The molecule has 34 heavy (non-hydrogen) atoms. The van der Waals surface area contributed by atoms with E-state index >= 15 is 0 Å². The average Bonchev–Trinajstić information content (AvgIpc) is 3.51. The van der Waals surface area contributed by atoms with Crippen LogP contribution in [0.15, 0.2) is 70.0 Å². The third-order valence-electron chi connectivity index (χ3n) is 6.12. The second kappa shape index (κ2) is 10.3. The smallest absolute Gasteiger partial charge is 0.266 e. The predicted molar refractivity (Wildman–Crippen MR) is 141 cm³/mol. The predicted octanol–water partition coefficient (Wildman–Crippen LogP) is 6.05. The van der Waals surface area contributed by atoms with Gasteiger partial charge >= 0.3 is 0 Å². The van der Waals surface area contributed by atoms with Gasteiger partial charge in [-0.3, -0.25) is 9.36 Å². The van der Waals surface area contributed by atoms with Crippen LogP contribution in [0, 0.1) is 5.41 Å². The van der Waals surface area contributed by atoms with Gasteiger partial charge in [0.25, 0.3) is 5.56 Å². The summed E-state index contributed by atoms with van der Waals surface area (Å²) < 4.78 is 7.50. The van der Waals surface area contributed by atoms with E-state index in [2.05, 4.69) is 10.2 Å². The normalized spacial score (nSPS) is 13.7. The second-order valence-corrected chi connectivity index (χ2v) is 8.71. The minimum atomic E-state index is -0.165. The Morgan fingerprint density at radius 1 is 1.06 bits per heavy atom. The molecule has 0 radical (unpaired) electrons. The van der Waals surface area contributed by atoms with Crippen molar-refractivity contribution in [1.29, 1.82) is 5.41 Å². The quantitative estimate of drug-likeness (QED) is 0.318. The first-order valence-electron chi connectivity index (χ1n) is 11.1. The van der Waals surface area contributed by atoms with Gasteiger partial charge in [-0.15, -0.1) is 0 Å². The van der Waals surface area contributed by atoms with Gasteiger partial charge in [0, 0.05) is 53.0 Å². The molecule has 2 aromatic heterocycles. The Balaban J connectivity index is 0.00000274. The Kier molecular flexibility index (Phi) is 7.20. The number of nitrogens with zero attached hydrogens (tertiary/aromatic N) is 2. The summed E-state index contributed by atoms with van der Waals surface area (Å²) in [5.74, 6) is 0.620. The van der Waals surface area contributed by atoms with Crippen LogP contribution in [0.3, 0.4) is 0 Å². The third kappa shape index (κ3) is 4.79. The van der Waals surface area contributed by atoms with Crippen LogP contribution in [0.25, 0.3) is 28.0 Å². The summed E-state index contributed by atoms with van der Waals surface area (Å²) in [5, 5.41) is 12.4. The summed E-state index contributed by atoms with van der Waals surface area (Å²) in [6, 6.07) is 16.6. The highest BCUT2D eigenvalue weighted by molar-refractivity contribution is 6.30. The number of benzene rings is 2. The maximum Gasteiger partial charge on any atom is 0.266 e. The lowest BCUT2D eigenvalue weighted by Crippen LogP contribution is -2.26. The Hall–Kier alpha value is -3.35. The molecule has 5 rings (SSSR count). The van der Waals surface area contributed by atoms with Crippen molar-refractivity contribution in [3.8, 4) is 17.0 Å². The molecule has 7 heteroatoms. The first-order chi connectivity index (χ1) is 16.1. The number of hydrogen-bond donors (Lipinski definition) is 2. The minimum absolute atomic E-state index is 0. The van der Waals surface area contributed by atoms with Crippen molar-refractivity contribution in [1.82, 2.24) is 9.47 Å². The van der Waals surface area contributed by atoms with E-state index in [1.54, 1.807) is 35.0 Å². The lowest BCUT2D eigenvalue weighted by molar-refractivity contribution is 0.352. The topological polar surface area (TPSA) is 74.3 Å². The summed E-state index contributed by atoms with van der Waals surface area (Å²) in [5.41, 5.74) is 3.58. The molecule has 0 aliphatic carbocycles. The zero-order chi connectivity index (χ0) is 22.8. The number of likely N-dealkylation sites (tertiary alicyclic amines) is 1. The van der Waals surface area contributed by atoms with Gasteiger partial charge in [0.05, 0.1) is 5.39 Å². The molecule has 0 bridgehead atoms. The zero-order valence-corrected chi connectivity index (χ0v) is 18.9. The van der Waals surface area contributed by atoms with Gasteiger partial charge < -0.3 is 20.0 Å². The number of nitrogens with one attached hydrogen (secondary N) is 2. The summed E-state index contributed by atoms with van der Waals surface area (Å²) in [4.78, 5) is 15.7. The summed E-state index contributed by atoms with van der Waals surface area (Å²) in [6.07, 6.45) is 5.58. The maximum atomic E-state index is 13.2. The molecule has 0 unspecified atom stereocenters. The highest BCUT2D eigenvalue weighted by Gasteiger charge is 2.14. The SMILES string of the molecule is C.N=Cc1cc(-n2ccc3oc(-c4ccc(Cl)cc4)cc3c2=O)ccc1NCCN1CCCC1. The van der Waals surface area contributed by atoms with Gasteiger partial charge in [0.2, 0.25) is 0 Å². The van der Waals surface area contributed by atoms with E-state index in [-0.39, 0.29) is 13.0 Å². The lowest BCUT2D eigenvalue weighted by Gasteiger charge is -2.17. The molecule has 1 fully saturated rings. The average molecular weight is 477 g/mol. The molecule has 3 heterocycles. The van der Waals surface area contributed by atoms with Crippen molar-refractivity contribution in [2.45, 2.75) is 20.3 Å². The fourth-order valence-electron chi connectivity index (χ4n) is 4.33. The van der Waals surface area contributed by atoms with E-state index in [1.165, 1.54) is 19.1 Å². The lowest BCUT2D eigenvalue weighted by atomic mass is 10.1. The molecule has 1 aliphatic heterocycles. The number of aromatic nitrogens is 1. The standard InChI is InChI=1S/C26H25ClN4O2.CH4/c27-20-5-3-18(4-6-20)25-16-22-24(33-25)9-13-31(26(22)32)21-7-8-23(19(15-21)17-28)29-10-14-30-11-1-2-12-30;/h3-9,13,15-17,28-29H,1-2,10-12,14H2;1H4. The number of rotatable bonds is 7. The summed E-state index contributed by atoms with van der Waals surface area (Å²) >= 11 is 5.98. The number of halogens is 1. The molecular formula is C27H29ClN4O2. The highest BCUT2D eigenvalue weighted by Crippen LogP contribution is 2.27. The number of pyridine rings is 1. The van der Waals surface area contributed by atoms with Crippen LogP contribution in [-0.2, 0) is 0 Å². The van der Waals surface area contributed by atoms with E-state index in [9.17, 15) is 4.79 Å². The number of anilines is 1. The molecule has 0 atom stereocenters. The van der Waals surface area contributed by atoms with Crippen molar-refractivity contribution in [2.75, 3.05) is 31.5 Å². The Morgan fingerprint density at radius 3 is 2.56 bits per heavy atom. The highest BCUT2D eigenvalue weighted by atomic mass is 35.5. The molecule has 1 aliphatic rings. The van der Waals surface area contributed by atoms with Crippen molar-refractivity contribution >= 4 is 34.5 Å². The monoisotopic (exact) mass is 476 g/mol. The first kappa shape index (κ1) is 23.8. The zero-order valence-electron chi connectivity index (χ0n) is 18.2. The van der Waals surface area contributed by atoms with Gasteiger partial charge in [-0.05, 0) is 80.5 Å². The van der Waals surface area contributed by atoms with Crippen molar-refractivity contribution < 1.29 is 4.42 Å². The fourth-order valence-corrected chi connectivity index (χ4v) is 4.46.